The van der Waals surface area contributed by atoms with Crippen molar-refractivity contribution in [2.24, 2.45) is 11.7 Å². The molecule has 1 amide bonds. The van der Waals surface area contributed by atoms with Crippen LogP contribution in [0.5, 0.6) is 5.75 Å². The molecule has 1 saturated carbocycles. The van der Waals surface area contributed by atoms with Crippen molar-refractivity contribution in [1.29, 1.82) is 0 Å². The van der Waals surface area contributed by atoms with Crippen LogP contribution in [0, 0.1) is 5.92 Å². The smallest absolute Gasteiger partial charge is 0.226 e. The summed E-state index contributed by atoms with van der Waals surface area (Å²) in [6.07, 6.45) is 3.51. The summed E-state index contributed by atoms with van der Waals surface area (Å²) in [6.45, 7) is 1.37. The first-order valence-corrected chi connectivity index (χ1v) is 9.37. The number of hydrogen-bond donors (Lipinski definition) is 1. The third kappa shape index (κ3) is 4.85. The first-order valence-electron chi connectivity index (χ1n) is 9.37. The summed E-state index contributed by atoms with van der Waals surface area (Å²) in [4.78, 5) is 15.1. The normalized spacial score (nSPS) is 19.3. The molecule has 2 N–H and O–H groups in total. The van der Waals surface area contributed by atoms with Gasteiger partial charge < -0.3 is 15.4 Å². The molecule has 0 aliphatic heterocycles. The van der Waals surface area contributed by atoms with Gasteiger partial charge in [-0.05, 0) is 48.9 Å². The number of rotatable bonds is 7. The molecule has 4 heteroatoms. The minimum Gasteiger partial charge on any atom is -0.497 e. The number of nitrogens with two attached hydrogens (primary N) is 1. The lowest BCUT2D eigenvalue weighted by Crippen LogP contribution is -2.37. The topological polar surface area (TPSA) is 55.6 Å². The minimum atomic E-state index is 0.0737. The second-order valence-electron chi connectivity index (χ2n) is 7.11. The van der Waals surface area contributed by atoms with Crippen molar-refractivity contribution in [3.8, 4) is 5.75 Å². The van der Waals surface area contributed by atoms with Gasteiger partial charge in [0.25, 0.3) is 0 Å². The molecule has 3 rings (SSSR count). The Kier molecular flexibility index (Phi) is 6.29. The fourth-order valence-electron chi connectivity index (χ4n) is 3.63. The summed E-state index contributed by atoms with van der Waals surface area (Å²) >= 11 is 0. The number of benzene rings is 2. The summed E-state index contributed by atoms with van der Waals surface area (Å²) in [7, 11) is 1.67. The van der Waals surface area contributed by atoms with E-state index in [1.807, 2.05) is 35.2 Å². The molecule has 138 valence electrons. The number of amides is 1. The van der Waals surface area contributed by atoms with E-state index in [0.29, 0.717) is 13.1 Å². The van der Waals surface area contributed by atoms with E-state index in [2.05, 4.69) is 24.3 Å². The molecule has 0 spiro atoms. The average molecular weight is 352 g/mol. The number of ether oxygens (including phenoxy) is 1. The van der Waals surface area contributed by atoms with Crippen molar-refractivity contribution >= 4 is 5.91 Å². The minimum absolute atomic E-state index is 0.0737. The highest BCUT2D eigenvalue weighted by Gasteiger charge is 2.30. The zero-order valence-electron chi connectivity index (χ0n) is 15.4. The van der Waals surface area contributed by atoms with Gasteiger partial charge >= 0.3 is 0 Å². The zero-order chi connectivity index (χ0) is 18.4. The summed E-state index contributed by atoms with van der Waals surface area (Å²) in [5, 5.41) is 0. The van der Waals surface area contributed by atoms with Crippen LogP contribution in [-0.2, 0) is 17.8 Å². The van der Waals surface area contributed by atoms with Crippen LogP contribution in [-0.4, -0.2) is 30.5 Å². The third-order valence-corrected chi connectivity index (χ3v) is 5.18. The van der Waals surface area contributed by atoms with Gasteiger partial charge in [0.2, 0.25) is 5.91 Å². The molecule has 1 aliphatic carbocycles. The molecule has 1 aliphatic rings. The summed E-state index contributed by atoms with van der Waals surface area (Å²) < 4.78 is 5.21. The Hall–Kier alpha value is -2.33. The molecule has 0 radical (unpaired) electrons. The Morgan fingerprint density at radius 2 is 1.81 bits per heavy atom. The SMILES string of the molecule is COc1ccc(CCN(Cc2ccccc2)C(=O)C2CCC(N)C2)cc1. The first kappa shape index (κ1) is 18.5. The maximum atomic E-state index is 13.1. The second-order valence-corrected chi connectivity index (χ2v) is 7.11. The molecule has 0 heterocycles. The largest absolute Gasteiger partial charge is 0.497 e. The highest BCUT2D eigenvalue weighted by molar-refractivity contribution is 5.79. The van der Waals surface area contributed by atoms with Crippen molar-refractivity contribution in [1.82, 2.24) is 4.90 Å². The second kappa shape index (κ2) is 8.86. The van der Waals surface area contributed by atoms with Crippen molar-refractivity contribution in [2.75, 3.05) is 13.7 Å². The fraction of sp³-hybridized carbons (Fsp3) is 0.409. The highest BCUT2D eigenvalue weighted by atomic mass is 16.5. The summed E-state index contributed by atoms with van der Waals surface area (Å²) in [5.41, 5.74) is 8.40. The van der Waals surface area contributed by atoms with Gasteiger partial charge in [-0.15, -0.1) is 0 Å². The predicted octanol–water partition coefficient (Wildman–Crippen LogP) is 3.39. The number of nitrogens with zero attached hydrogens (tertiary/aromatic N) is 1. The van der Waals surface area contributed by atoms with Crippen molar-refractivity contribution in [3.63, 3.8) is 0 Å². The van der Waals surface area contributed by atoms with E-state index in [0.717, 1.165) is 37.0 Å². The first-order chi connectivity index (χ1) is 12.7. The van der Waals surface area contributed by atoms with Gasteiger partial charge in [0.1, 0.15) is 5.75 Å². The van der Waals surface area contributed by atoms with Gasteiger partial charge in [-0.2, -0.15) is 0 Å². The Labute approximate surface area is 156 Å². The molecule has 0 saturated heterocycles. The Bertz CT molecular complexity index is 700. The Balaban J connectivity index is 1.68. The molecule has 2 aromatic rings. The number of methoxy groups -OCH3 is 1. The zero-order valence-corrected chi connectivity index (χ0v) is 15.4. The van der Waals surface area contributed by atoms with Crippen LogP contribution in [0.3, 0.4) is 0 Å². The van der Waals surface area contributed by atoms with Crippen LogP contribution in [0.25, 0.3) is 0 Å². The van der Waals surface area contributed by atoms with Crippen LogP contribution in [0.15, 0.2) is 54.6 Å². The Morgan fingerprint density at radius 1 is 1.08 bits per heavy atom. The molecule has 2 atom stereocenters. The van der Waals surface area contributed by atoms with Gasteiger partial charge in [0.05, 0.1) is 7.11 Å². The van der Waals surface area contributed by atoms with Crippen LogP contribution in [0.2, 0.25) is 0 Å². The lowest BCUT2D eigenvalue weighted by Gasteiger charge is -2.26. The van der Waals surface area contributed by atoms with E-state index in [-0.39, 0.29) is 17.9 Å². The number of hydrogen-bond acceptors (Lipinski definition) is 3. The average Bonchev–Trinajstić information content (AvgIpc) is 3.12. The van der Waals surface area contributed by atoms with Crippen LogP contribution >= 0.6 is 0 Å². The van der Waals surface area contributed by atoms with Gasteiger partial charge in [0, 0.05) is 25.0 Å². The summed E-state index contributed by atoms with van der Waals surface area (Å²) in [5.74, 6) is 1.17. The van der Waals surface area contributed by atoms with Crippen molar-refractivity contribution in [3.05, 3.63) is 65.7 Å². The van der Waals surface area contributed by atoms with E-state index in [4.69, 9.17) is 10.5 Å². The maximum absolute atomic E-state index is 13.1. The van der Waals surface area contributed by atoms with E-state index in [9.17, 15) is 4.79 Å². The molecular weight excluding hydrogens is 324 g/mol. The lowest BCUT2D eigenvalue weighted by molar-refractivity contribution is -0.136. The van der Waals surface area contributed by atoms with Crippen molar-refractivity contribution < 1.29 is 9.53 Å². The molecule has 1 fully saturated rings. The quantitative estimate of drug-likeness (QED) is 0.831. The fourth-order valence-corrected chi connectivity index (χ4v) is 3.63. The molecule has 0 bridgehead atoms. The van der Waals surface area contributed by atoms with Crippen LogP contribution in [0.1, 0.15) is 30.4 Å². The lowest BCUT2D eigenvalue weighted by atomic mass is 10.0. The maximum Gasteiger partial charge on any atom is 0.226 e. The predicted molar refractivity (Wildman–Crippen MR) is 104 cm³/mol. The molecule has 0 aromatic heterocycles. The standard InChI is InChI=1S/C22H28N2O2/c1-26-21-11-7-17(8-12-21)13-14-24(16-18-5-3-2-4-6-18)22(25)19-9-10-20(23)15-19/h2-8,11-12,19-20H,9-10,13-16,23H2,1H3. The van der Waals surface area contributed by atoms with Gasteiger partial charge in [-0.25, -0.2) is 0 Å². The van der Waals surface area contributed by atoms with Gasteiger partial charge in [-0.1, -0.05) is 42.5 Å². The molecule has 2 aromatic carbocycles. The molecule has 26 heavy (non-hydrogen) atoms. The van der Waals surface area contributed by atoms with Crippen molar-refractivity contribution in [2.45, 2.75) is 38.3 Å². The Morgan fingerprint density at radius 3 is 2.42 bits per heavy atom. The van der Waals surface area contributed by atoms with Crippen LogP contribution in [0.4, 0.5) is 0 Å². The molecule has 2 unspecified atom stereocenters. The molecular formula is C22H28N2O2. The van der Waals surface area contributed by atoms with E-state index in [1.165, 1.54) is 5.56 Å². The van der Waals surface area contributed by atoms with Crippen LogP contribution < -0.4 is 10.5 Å². The van der Waals surface area contributed by atoms with Gasteiger partial charge in [0.15, 0.2) is 0 Å². The highest BCUT2D eigenvalue weighted by Crippen LogP contribution is 2.27. The molecule has 4 nitrogen and oxygen atoms in total. The van der Waals surface area contributed by atoms with Gasteiger partial charge in [-0.3, -0.25) is 4.79 Å². The third-order valence-electron chi connectivity index (χ3n) is 5.18. The summed E-state index contributed by atoms with van der Waals surface area (Å²) in [6, 6.07) is 18.4. The van der Waals surface area contributed by atoms with E-state index in [1.54, 1.807) is 7.11 Å². The monoisotopic (exact) mass is 352 g/mol. The van der Waals surface area contributed by atoms with E-state index < -0.39 is 0 Å². The number of carbonyl (C=O) groups excluding carboxylic acids is 1. The van der Waals surface area contributed by atoms with E-state index >= 15 is 0 Å². The number of carbonyl (C=O) groups is 1.